The van der Waals surface area contributed by atoms with Crippen molar-refractivity contribution in [1.82, 2.24) is 4.90 Å². The molecule has 98 valence electrons. The first-order valence-electron chi connectivity index (χ1n) is 5.95. The van der Waals surface area contributed by atoms with E-state index < -0.39 is 6.10 Å². The van der Waals surface area contributed by atoms with Crippen molar-refractivity contribution in [1.29, 1.82) is 0 Å². The third-order valence-corrected chi connectivity index (χ3v) is 2.93. The average molecular weight is 245 g/mol. The molecule has 0 aromatic carbocycles. The van der Waals surface area contributed by atoms with Gasteiger partial charge in [0.15, 0.2) is 6.10 Å². The van der Waals surface area contributed by atoms with Gasteiger partial charge < -0.3 is 24.2 Å². The summed E-state index contributed by atoms with van der Waals surface area (Å²) in [5.41, 5.74) is 0. The number of aliphatic hydroxyl groups excluding tert-OH is 1. The highest BCUT2D eigenvalue weighted by Crippen LogP contribution is 2.14. The van der Waals surface area contributed by atoms with Gasteiger partial charge in [0.2, 0.25) is 0 Å². The summed E-state index contributed by atoms with van der Waals surface area (Å²) in [6.45, 7) is 4.09. The van der Waals surface area contributed by atoms with Crippen molar-refractivity contribution >= 4 is 5.91 Å². The Morgan fingerprint density at radius 3 is 2.88 bits per heavy atom. The Labute approximate surface area is 100 Å². The van der Waals surface area contributed by atoms with Crippen molar-refractivity contribution in [3.63, 3.8) is 0 Å². The maximum atomic E-state index is 12.1. The fraction of sp³-hybridized carbons (Fsp3) is 0.909. The van der Waals surface area contributed by atoms with Crippen LogP contribution in [0.4, 0.5) is 0 Å². The van der Waals surface area contributed by atoms with Crippen LogP contribution in [-0.4, -0.2) is 73.7 Å². The summed E-state index contributed by atoms with van der Waals surface area (Å²) in [6.07, 6.45) is -0.866. The molecule has 2 aliphatic heterocycles. The van der Waals surface area contributed by atoms with Gasteiger partial charge in [-0.25, -0.2) is 0 Å². The Morgan fingerprint density at radius 2 is 2.24 bits per heavy atom. The second-order valence-corrected chi connectivity index (χ2v) is 4.43. The van der Waals surface area contributed by atoms with Gasteiger partial charge in [-0.05, 0) is 6.92 Å². The van der Waals surface area contributed by atoms with E-state index in [4.69, 9.17) is 19.3 Å². The summed E-state index contributed by atoms with van der Waals surface area (Å²) >= 11 is 0. The molecule has 2 saturated heterocycles. The molecule has 17 heavy (non-hydrogen) atoms. The molecule has 0 radical (unpaired) electrons. The zero-order chi connectivity index (χ0) is 12.3. The summed E-state index contributed by atoms with van der Waals surface area (Å²) in [5, 5.41) is 9.10. The Kier molecular flexibility index (Phi) is 4.33. The van der Waals surface area contributed by atoms with Gasteiger partial charge in [-0.15, -0.1) is 0 Å². The predicted octanol–water partition coefficient (Wildman–Crippen LogP) is -0.990. The van der Waals surface area contributed by atoms with Gasteiger partial charge >= 0.3 is 0 Å². The summed E-state index contributed by atoms with van der Waals surface area (Å²) in [6, 6.07) is 0. The number of carbonyl (C=O) groups excluding carboxylic acids is 1. The summed E-state index contributed by atoms with van der Waals surface area (Å²) in [7, 11) is 0. The first-order chi connectivity index (χ1) is 8.20. The zero-order valence-corrected chi connectivity index (χ0v) is 10.0. The average Bonchev–Trinajstić information content (AvgIpc) is 2.38. The fourth-order valence-corrected chi connectivity index (χ4v) is 2.16. The largest absolute Gasteiger partial charge is 0.394 e. The molecule has 6 nitrogen and oxygen atoms in total. The maximum Gasteiger partial charge on any atom is 0.254 e. The second kappa shape index (κ2) is 5.77. The highest BCUT2D eigenvalue weighted by Gasteiger charge is 2.33. The molecule has 0 saturated carbocycles. The topological polar surface area (TPSA) is 68.2 Å². The van der Waals surface area contributed by atoms with Crippen molar-refractivity contribution in [3.05, 3.63) is 0 Å². The first kappa shape index (κ1) is 12.8. The number of aliphatic hydroxyl groups is 1. The molecule has 3 unspecified atom stereocenters. The molecule has 1 amide bonds. The van der Waals surface area contributed by atoms with Gasteiger partial charge in [-0.2, -0.15) is 0 Å². The molecule has 2 fully saturated rings. The van der Waals surface area contributed by atoms with Crippen LogP contribution >= 0.6 is 0 Å². The predicted molar refractivity (Wildman–Crippen MR) is 58.6 cm³/mol. The van der Waals surface area contributed by atoms with Crippen LogP contribution in [0, 0.1) is 0 Å². The van der Waals surface area contributed by atoms with Crippen LogP contribution in [0.1, 0.15) is 6.92 Å². The van der Waals surface area contributed by atoms with Crippen molar-refractivity contribution in [2.75, 3.05) is 39.5 Å². The van der Waals surface area contributed by atoms with Crippen LogP contribution in [0.3, 0.4) is 0 Å². The fourth-order valence-electron chi connectivity index (χ4n) is 2.16. The van der Waals surface area contributed by atoms with E-state index in [1.54, 1.807) is 4.90 Å². The van der Waals surface area contributed by atoms with E-state index in [9.17, 15) is 4.79 Å². The van der Waals surface area contributed by atoms with E-state index in [0.29, 0.717) is 32.9 Å². The minimum atomic E-state index is -0.506. The molecular formula is C11H19NO5. The molecule has 1 N–H and O–H groups in total. The number of morpholine rings is 1. The molecule has 0 aromatic rings. The number of hydrogen-bond donors (Lipinski definition) is 1. The zero-order valence-electron chi connectivity index (χ0n) is 10.0. The molecule has 3 atom stereocenters. The van der Waals surface area contributed by atoms with Crippen LogP contribution in [0.2, 0.25) is 0 Å². The quantitative estimate of drug-likeness (QED) is 0.676. The van der Waals surface area contributed by atoms with Gasteiger partial charge in [0, 0.05) is 13.1 Å². The lowest BCUT2D eigenvalue weighted by Crippen LogP contribution is -2.54. The molecular weight excluding hydrogens is 226 g/mol. The van der Waals surface area contributed by atoms with Crippen LogP contribution in [0.15, 0.2) is 0 Å². The van der Waals surface area contributed by atoms with Crippen molar-refractivity contribution < 1.29 is 24.1 Å². The Balaban J connectivity index is 1.93. The lowest BCUT2D eigenvalue weighted by Gasteiger charge is -2.38. The van der Waals surface area contributed by atoms with E-state index >= 15 is 0 Å². The molecule has 0 bridgehead atoms. The Bertz CT molecular complexity index is 267. The van der Waals surface area contributed by atoms with E-state index in [-0.39, 0.29) is 24.7 Å². The van der Waals surface area contributed by atoms with Gasteiger partial charge in [-0.1, -0.05) is 0 Å². The van der Waals surface area contributed by atoms with Crippen molar-refractivity contribution in [3.8, 4) is 0 Å². The van der Waals surface area contributed by atoms with Crippen LogP contribution in [0.25, 0.3) is 0 Å². The number of nitrogens with zero attached hydrogens (tertiary/aromatic N) is 1. The highest BCUT2D eigenvalue weighted by molar-refractivity contribution is 5.81. The van der Waals surface area contributed by atoms with Gasteiger partial charge in [0.25, 0.3) is 5.91 Å². The van der Waals surface area contributed by atoms with Crippen molar-refractivity contribution in [2.45, 2.75) is 25.2 Å². The Morgan fingerprint density at radius 1 is 1.41 bits per heavy atom. The van der Waals surface area contributed by atoms with E-state index in [1.807, 2.05) is 6.92 Å². The number of carbonyl (C=O) groups is 1. The number of rotatable bonds is 2. The number of amides is 1. The SMILES string of the molecule is CC1CN(C(=O)C2COCCO2)CC(CO)O1. The van der Waals surface area contributed by atoms with Gasteiger partial charge in [0.1, 0.15) is 0 Å². The van der Waals surface area contributed by atoms with Crippen LogP contribution in [-0.2, 0) is 19.0 Å². The van der Waals surface area contributed by atoms with E-state index in [0.717, 1.165) is 0 Å². The molecule has 2 rings (SSSR count). The summed E-state index contributed by atoms with van der Waals surface area (Å²) < 4.78 is 16.1. The Hall–Kier alpha value is -0.690. The lowest BCUT2D eigenvalue weighted by atomic mass is 10.2. The van der Waals surface area contributed by atoms with E-state index in [2.05, 4.69) is 0 Å². The third kappa shape index (κ3) is 3.16. The minimum absolute atomic E-state index is 0.0608. The molecule has 0 spiro atoms. The van der Waals surface area contributed by atoms with E-state index in [1.165, 1.54) is 0 Å². The highest BCUT2D eigenvalue weighted by atomic mass is 16.6. The number of ether oxygens (including phenoxy) is 3. The normalized spacial score (nSPS) is 34.7. The first-order valence-corrected chi connectivity index (χ1v) is 5.95. The van der Waals surface area contributed by atoms with Gasteiger partial charge in [0.05, 0.1) is 38.6 Å². The number of hydrogen-bond acceptors (Lipinski definition) is 5. The van der Waals surface area contributed by atoms with Crippen molar-refractivity contribution in [2.24, 2.45) is 0 Å². The maximum absolute atomic E-state index is 12.1. The van der Waals surface area contributed by atoms with Crippen LogP contribution < -0.4 is 0 Å². The summed E-state index contributed by atoms with van der Waals surface area (Å²) in [5.74, 6) is -0.0710. The van der Waals surface area contributed by atoms with Crippen LogP contribution in [0.5, 0.6) is 0 Å². The smallest absolute Gasteiger partial charge is 0.254 e. The monoisotopic (exact) mass is 245 g/mol. The molecule has 0 aliphatic carbocycles. The standard InChI is InChI=1S/C11H19NO5/c1-8-4-12(5-9(6-13)17-8)11(14)10-7-15-2-3-16-10/h8-10,13H,2-7H2,1H3. The molecule has 2 heterocycles. The van der Waals surface area contributed by atoms with Gasteiger partial charge in [-0.3, -0.25) is 4.79 Å². The lowest BCUT2D eigenvalue weighted by molar-refractivity contribution is -0.169. The second-order valence-electron chi connectivity index (χ2n) is 4.43. The molecule has 0 aromatic heterocycles. The molecule has 2 aliphatic rings. The molecule has 6 heteroatoms. The third-order valence-electron chi connectivity index (χ3n) is 2.93. The summed E-state index contributed by atoms with van der Waals surface area (Å²) in [4.78, 5) is 13.8. The minimum Gasteiger partial charge on any atom is -0.394 e.